The van der Waals surface area contributed by atoms with E-state index >= 15 is 0 Å². The summed E-state index contributed by atoms with van der Waals surface area (Å²) < 4.78 is 1.93. The molecular formula is C20H18N4O. The molecule has 3 aromatic rings. The molecule has 25 heavy (non-hydrogen) atoms. The van der Waals surface area contributed by atoms with Gasteiger partial charge in [-0.2, -0.15) is 5.10 Å². The van der Waals surface area contributed by atoms with Gasteiger partial charge in [0.2, 0.25) is 0 Å². The first-order valence-corrected chi connectivity index (χ1v) is 8.70. The van der Waals surface area contributed by atoms with E-state index in [4.69, 9.17) is 10.1 Å². The zero-order valence-electron chi connectivity index (χ0n) is 13.7. The Kier molecular flexibility index (Phi) is 3.20. The quantitative estimate of drug-likeness (QED) is 0.799. The van der Waals surface area contributed by atoms with Gasteiger partial charge in [-0.25, -0.2) is 9.67 Å². The van der Waals surface area contributed by atoms with Gasteiger partial charge in [0.1, 0.15) is 5.82 Å². The van der Waals surface area contributed by atoms with Crippen molar-refractivity contribution in [3.8, 4) is 5.69 Å². The van der Waals surface area contributed by atoms with E-state index in [1.807, 2.05) is 59.3 Å². The number of rotatable bonds is 4. The van der Waals surface area contributed by atoms with E-state index < -0.39 is 0 Å². The molecular weight excluding hydrogens is 312 g/mol. The molecule has 0 saturated heterocycles. The number of hydrogen-bond donors (Lipinski definition) is 1. The molecule has 0 bridgehead atoms. The second kappa shape index (κ2) is 5.55. The highest BCUT2D eigenvalue weighted by molar-refractivity contribution is 5.99. The lowest BCUT2D eigenvalue weighted by atomic mass is 10.0. The predicted octanol–water partition coefficient (Wildman–Crippen LogP) is 3.17. The van der Waals surface area contributed by atoms with Crippen LogP contribution >= 0.6 is 0 Å². The first-order valence-electron chi connectivity index (χ1n) is 8.70. The van der Waals surface area contributed by atoms with Crippen LogP contribution in [-0.2, 0) is 6.42 Å². The lowest BCUT2D eigenvalue weighted by Gasteiger charge is -2.12. The maximum atomic E-state index is 12.2. The highest BCUT2D eigenvalue weighted by Crippen LogP contribution is 2.39. The molecule has 0 spiro atoms. The maximum Gasteiger partial charge on any atom is 0.252 e. The molecule has 0 unspecified atom stereocenters. The number of nitrogens with one attached hydrogen (secondary N) is 1. The molecule has 5 heteroatoms. The van der Waals surface area contributed by atoms with Crippen LogP contribution in [0.4, 0.5) is 0 Å². The molecule has 1 saturated carbocycles. The fourth-order valence-corrected chi connectivity index (χ4v) is 3.45. The number of hydrogen-bond acceptors (Lipinski definition) is 3. The molecule has 1 aliphatic carbocycles. The molecule has 1 atom stereocenters. The average Bonchev–Trinajstić information content (AvgIpc) is 3.35. The van der Waals surface area contributed by atoms with Gasteiger partial charge in [0.25, 0.3) is 5.91 Å². The topological polar surface area (TPSA) is 59.8 Å². The molecule has 1 aromatic heterocycles. The van der Waals surface area contributed by atoms with Gasteiger partial charge in [-0.3, -0.25) is 4.79 Å². The van der Waals surface area contributed by atoms with Crippen molar-refractivity contribution in [1.82, 2.24) is 20.1 Å². The molecule has 1 N–H and O–H groups in total. The van der Waals surface area contributed by atoms with Crippen LogP contribution in [0.2, 0.25) is 0 Å². The average molecular weight is 330 g/mol. The van der Waals surface area contributed by atoms with E-state index in [-0.39, 0.29) is 11.9 Å². The molecule has 0 radical (unpaired) electrons. The Hall–Kier alpha value is -2.95. The van der Waals surface area contributed by atoms with Crippen LogP contribution in [0.25, 0.3) is 5.69 Å². The van der Waals surface area contributed by atoms with Gasteiger partial charge in [0.05, 0.1) is 11.7 Å². The minimum Gasteiger partial charge on any atom is -0.345 e. The number of benzene rings is 2. The van der Waals surface area contributed by atoms with E-state index in [9.17, 15) is 4.79 Å². The first-order chi connectivity index (χ1) is 12.3. The van der Waals surface area contributed by atoms with Crippen molar-refractivity contribution in [2.75, 3.05) is 0 Å². The van der Waals surface area contributed by atoms with Gasteiger partial charge in [-0.1, -0.05) is 36.4 Å². The molecule has 2 aromatic carbocycles. The Morgan fingerprint density at radius 2 is 1.80 bits per heavy atom. The minimum absolute atomic E-state index is 0.00575. The first kappa shape index (κ1) is 14.4. The number of fused-ring (bicyclic) bond motifs is 1. The summed E-state index contributed by atoms with van der Waals surface area (Å²) in [4.78, 5) is 17.0. The van der Waals surface area contributed by atoms with Gasteiger partial charge in [-0.05, 0) is 36.6 Å². The normalized spacial score (nSPS) is 18.9. The van der Waals surface area contributed by atoms with E-state index in [0.29, 0.717) is 12.3 Å². The molecule has 1 fully saturated rings. The highest BCUT2D eigenvalue weighted by atomic mass is 16.2. The number of para-hydroxylation sites is 1. The van der Waals surface area contributed by atoms with Gasteiger partial charge < -0.3 is 5.32 Å². The molecule has 2 aliphatic rings. The monoisotopic (exact) mass is 330 g/mol. The predicted molar refractivity (Wildman–Crippen MR) is 93.7 cm³/mol. The smallest absolute Gasteiger partial charge is 0.252 e. The maximum absolute atomic E-state index is 12.2. The van der Waals surface area contributed by atoms with Gasteiger partial charge >= 0.3 is 0 Å². The lowest BCUT2D eigenvalue weighted by molar-refractivity contribution is 0.0956. The highest BCUT2D eigenvalue weighted by Gasteiger charge is 2.32. The molecule has 5 nitrogen and oxygen atoms in total. The van der Waals surface area contributed by atoms with E-state index in [2.05, 4.69) is 5.32 Å². The third kappa shape index (κ3) is 2.52. The van der Waals surface area contributed by atoms with Gasteiger partial charge in [-0.15, -0.1) is 0 Å². The van der Waals surface area contributed by atoms with E-state index in [0.717, 1.165) is 28.5 Å². The van der Waals surface area contributed by atoms with Crippen LogP contribution in [0.5, 0.6) is 0 Å². The summed E-state index contributed by atoms with van der Waals surface area (Å²) in [5.74, 6) is 2.31. The molecule has 1 aliphatic heterocycles. The number of carbonyl (C=O) groups excluding carboxylic acids is 1. The number of nitrogens with zero attached hydrogens (tertiary/aromatic N) is 3. The van der Waals surface area contributed by atoms with Crippen molar-refractivity contribution < 1.29 is 4.79 Å². The SMILES string of the molecule is O=C1N[C@@H](Cc2nc(C3CC3)nn2-c2ccccc2)c2ccccc21. The van der Waals surface area contributed by atoms with Gasteiger partial charge in [0, 0.05) is 17.9 Å². The summed E-state index contributed by atoms with van der Waals surface area (Å²) in [7, 11) is 0. The fraction of sp³-hybridized carbons (Fsp3) is 0.250. The summed E-state index contributed by atoms with van der Waals surface area (Å²) >= 11 is 0. The summed E-state index contributed by atoms with van der Waals surface area (Å²) in [5, 5.41) is 7.83. The molecule has 2 heterocycles. The van der Waals surface area contributed by atoms with Crippen LogP contribution in [0.3, 0.4) is 0 Å². The van der Waals surface area contributed by atoms with Crippen molar-refractivity contribution in [3.05, 3.63) is 77.4 Å². The van der Waals surface area contributed by atoms with Crippen molar-refractivity contribution in [1.29, 1.82) is 0 Å². The summed E-state index contributed by atoms with van der Waals surface area (Å²) in [6.07, 6.45) is 2.97. The molecule has 5 rings (SSSR count). The van der Waals surface area contributed by atoms with Crippen LogP contribution < -0.4 is 5.32 Å². The van der Waals surface area contributed by atoms with Gasteiger partial charge in [0.15, 0.2) is 5.82 Å². The Morgan fingerprint density at radius 1 is 1.04 bits per heavy atom. The second-order valence-electron chi connectivity index (χ2n) is 6.73. The number of aromatic nitrogens is 3. The van der Waals surface area contributed by atoms with Crippen LogP contribution in [-0.4, -0.2) is 20.7 Å². The zero-order chi connectivity index (χ0) is 16.8. The summed E-state index contributed by atoms with van der Waals surface area (Å²) in [6.45, 7) is 0. The Morgan fingerprint density at radius 3 is 2.60 bits per heavy atom. The van der Waals surface area contributed by atoms with E-state index in [1.165, 1.54) is 12.8 Å². The van der Waals surface area contributed by atoms with Crippen molar-refractivity contribution >= 4 is 5.91 Å². The van der Waals surface area contributed by atoms with Crippen LogP contribution in [0.1, 0.15) is 52.4 Å². The minimum atomic E-state index is -0.0533. The molecule has 1 amide bonds. The summed E-state index contributed by atoms with van der Waals surface area (Å²) in [6, 6.07) is 17.8. The third-order valence-electron chi connectivity index (χ3n) is 4.91. The van der Waals surface area contributed by atoms with Crippen LogP contribution in [0, 0.1) is 0 Å². The zero-order valence-corrected chi connectivity index (χ0v) is 13.7. The standard InChI is InChI=1S/C20H18N4O/c25-20-16-9-5-4-8-15(16)17(21-20)12-18-22-19(13-10-11-13)23-24(18)14-6-2-1-3-7-14/h1-9,13,17H,10-12H2,(H,21,25)/t17-/m0/s1. The van der Waals surface area contributed by atoms with Crippen LogP contribution in [0.15, 0.2) is 54.6 Å². The largest absolute Gasteiger partial charge is 0.345 e. The van der Waals surface area contributed by atoms with Crippen molar-refractivity contribution in [3.63, 3.8) is 0 Å². The van der Waals surface area contributed by atoms with E-state index in [1.54, 1.807) is 0 Å². The number of carbonyl (C=O) groups is 1. The lowest BCUT2D eigenvalue weighted by Crippen LogP contribution is -2.22. The number of amides is 1. The fourth-order valence-electron chi connectivity index (χ4n) is 3.45. The Balaban J connectivity index is 1.53. The van der Waals surface area contributed by atoms with Crippen molar-refractivity contribution in [2.45, 2.75) is 31.2 Å². The summed E-state index contributed by atoms with van der Waals surface area (Å²) in [5.41, 5.74) is 2.82. The molecule has 124 valence electrons. The second-order valence-corrected chi connectivity index (χ2v) is 6.73. The Bertz CT molecular complexity index is 943. The third-order valence-corrected chi connectivity index (χ3v) is 4.91. The van der Waals surface area contributed by atoms with Crippen molar-refractivity contribution in [2.24, 2.45) is 0 Å². The Labute approximate surface area is 145 Å².